The number of hydrogen-bond acceptors (Lipinski definition) is 4. The van der Waals surface area contributed by atoms with Gasteiger partial charge in [-0.15, -0.1) is 0 Å². The number of benzene rings is 3. The number of anilines is 1. The van der Waals surface area contributed by atoms with Crippen LogP contribution >= 0.6 is 0 Å². The number of hydrogen-bond donors (Lipinski definition) is 2. The van der Waals surface area contributed by atoms with E-state index in [1.54, 1.807) is 31.2 Å². The third kappa shape index (κ3) is 5.64. The zero-order valence-electron chi connectivity index (χ0n) is 17.8. The molecule has 1 amide bonds. The number of carbonyl (C=O) groups is 1. The van der Waals surface area contributed by atoms with E-state index in [0.717, 1.165) is 16.9 Å². The van der Waals surface area contributed by atoms with E-state index in [2.05, 4.69) is 10.0 Å². The van der Waals surface area contributed by atoms with Crippen LogP contribution in [-0.2, 0) is 16.6 Å². The topological polar surface area (TPSA) is 84.5 Å². The van der Waals surface area contributed by atoms with E-state index in [1.807, 2.05) is 50.2 Å². The maximum absolute atomic E-state index is 13.0. The first-order valence-electron chi connectivity index (χ1n) is 9.99. The van der Waals surface area contributed by atoms with Crippen molar-refractivity contribution < 1.29 is 17.9 Å². The number of rotatable bonds is 8. The van der Waals surface area contributed by atoms with Crippen molar-refractivity contribution in [2.75, 3.05) is 11.3 Å². The van der Waals surface area contributed by atoms with E-state index in [0.29, 0.717) is 24.4 Å². The molecule has 0 saturated carbocycles. The first-order valence-corrected chi connectivity index (χ1v) is 11.5. The minimum absolute atomic E-state index is 0.0736. The summed E-state index contributed by atoms with van der Waals surface area (Å²) in [6, 6.07) is 19.3. The van der Waals surface area contributed by atoms with Gasteiger partial charge in [0.25, 0.3) is 15.9 Å². The van der Waals surface area contributed by atoms with Crippen LogP contribution in [0.4, 0.5) is 5.69 Å². The molecule has 0 aliphatic heterocycles. The number of sulfonamides is 1. The van der Waals surface area contributed by atoms with Gasteiger partial charge in [-0.25, -0.2) is 8.42 Å². The lowest BCUT2D eigenvalue weighted by Gasteiger charge is -2.13. The molecule has 0 aliphatic carbocycles. The molecular weight excluding hydrogens is 412 g/mol. The van der Waals surface area contributed by atoms with Crippen molar-refractivity contribution >= 4 is 21.6 Å². The van der Waals surface area contributed by atoms with Crippen LogP contribution in [0.15, 0.2) is 71.6 Å². The van der Waals surface area contributed by atoms with E-state index in [9.17, 15) is 13.2 Å². The summed E-state index contributed by atoms with van der Waals surface area (Å²) < 4.78 is 33.9. The molecule has 0 bridgehead atoms. The summed E-state index contributed by atoms with van der Waals surface area (Å²) >= 11 is 0. The average Bonchev–Trinajstić information content (AvgIpc) is 2.75. The fourth-order valence-electron chi connectivity index (χ4n) is 3.07. The highest BCUT2D eigenvalue weighted by Crippen LogP contribution is 2.23. The molecular formula is C24H26N2O4S. The fraction of sp³-hybridized carbons (Fsp3) is 0.208. The van der Waals surface area contributed by atoms with E-state index in [1.165, 1.54) is 6.07 Å². The summed E-state index contributed by atoms with van der Waals surface area (Å²) in [6.07, 6.45) is 0. The predicted octanol–water partition coefficient (Wildman–Crippen LogP) is 4.43. The van der Waals surface area contributed by atoms with Crippen molar-refractivity contribution in [2.45, 2.75) is 32.2 Å². The Labute approximate surface area is 183 Å². The van der Waals surface area contributed by atoms with Crippen LogP contribution in [0.5, 0.6) is 5.75 Å². The van der Waals surface area contributed by atoms with Gasteiger partial charge in [0.1, 0.15) is 5.75 Å². The standard InChI is InChI=1S/C24H26N2O4S/c1-4-30-21-13-10-19(11-14-21)16-25-24(27)20-12-9-18(3)23(15-20)31(28,29)26-22-8-6-5-7-17(22)2/h5-15,26H,4,16H2,1-3H3,(H,25,27). The third-order valence-electron chi connectivity index (χ3n) is 4.82. The number of nitrogens with one attached hydrogen (secondary N) is 2. The lowest BCUT2D eigenvalue weighted by atomic mass is 10.1. The van der Waals surface area contributed by atoms with Crippen LogP contribution < -0.4 is 14.8 Å². The molecule has 0 atom stereocenters. The molecule has 6 nitrogen and oxygen atoms in total. The molecule has 0 aromatic heterocycles. The number of ether oxygens (including phenoxy) is 1. The number of amides is 1. The predicted molar refractivity (Wildman–Crippen MR) is 122 cm³/mol. The Morgan fingerprint density at radius 3 is 2.32 bits per heavy atom. The summed E-state index contributed by atoms with van der Waals surface area (Å²) in [5.74, 6) is 0.424. The molecule has 0 spiro atoms. The molecule has 3 rings (SSSR count). The van der Waals surface area contributed by atoms with E-state index >= 15 is 0 Å². The minimum atomic E-state index is -3.84. The van der Waals surface area contributed by atoms with Crippen molar-refractivity contribution in [3.8, 4) is 5.75 Å². The Kier molecular flexibility index (Phi) is 6.97. The SMILES string of the molecule is CCOc1ccc(CNC(=O)c2ccc(C)c(S(=O)(=O)Nc3ccccc3C)c2)cc1. The second kappa shape index (κ2) is 9.66. The number of aryl methyl sites for hydroxylation is 2. The largest absolute Gasteiger partial charge is 0.494 e. The molecule has 162 valence electrons. The quantitative estimate of drug-likeness (QED) is 0.545. The van der Waals surface area contributed by atoms with Crippen molar-refractivity contribution in [2.24, 2.45) is 0 Å². The molecule has 0 radical (unpaired) electrons. The first-order chi connectivity index (χ1) is 14.8. The van der Waals surface area contributed by atoms with E-state index in [4.69, 9.17) is 4.74 Å². The van der Waals surface area contributed by atoms with Gasteiger partial charge in [-0.05, 0) is 67.8 Å². The van der Waals surface area contributed by atoms with Gasteiger partial charge >= 0.3 is 0 Å². The summed E-state index contributed by atoms with van der Waals surface area (Å²) in [4.78, 5) is 12.7. The lowest BCUT2D eigenvalue weighted by Crippen LogP contribution is -2.23. The highest BCUT2D eigenvalue weighted by molar-refractivity contribution is 7.92. The Morgan fingerprint density at radius 1 is 0.935 bits per heavy atom. The van der Waals surface area contributed by atoms with E-state index < -0.39 is 10.0 Å². The van der Waals surface area contributed by atoms with Crippen LogP contribution in [0.25, 0.3) is 0 Å². The highest BCUT2D eigenvalue weighted by atomic mass is 32.2. The second-order valence-corrected chi connectivity index (χ2v) is 8.81. The molecule has 7 heteroatoms. The Hall–Kier alpha value is -3.32. The van der Waals surface area contributed by atoms with Crippen molar-refractivity contribution in [3.63, 3.8) is 0 Å². The highest BCUT2D eigenvalue weighted by Gasteiger charge is 2.20. The van der Waals surface area contributed by atoms with Crippen LogP contribution in [0.2, 0.25) is 0 Å². The van der Waals surface area contributed by atoms with Crippen LogP contribution in [-0.4, -0.2) is 20.9 Å². The molecule has 0 fully saturated rings. The molecule has 3 aromatic rings. The maximum atomic E-state index is 13.0. The molecule has 0 unspecified atom stereocenters. The maximum Gasteiger partial charge on any atom is 0.262 e. The molecule has 0 saturated heterocycles. The number of para-hydroxylation sites is 1. The molecule has 3 aromatic carbocycles. The van der Waals surface area contributed by atoms with E-state index in [-0.39, 0.29) is 16.4 Å². The average molecular weight is 439 g/mol. The zero-order valence-corrected chi connectivity index (χ0v) is 18.6. The Morgan fingerprint density at radius 2 is 1.65 bits per heavy atom. The molecule has 31 heavy (non-hydrogen) atoms. The van der Waals surface area contributed by atoms with Crippen molar-refractivity contribution in [3.05, 3.63) is 89.0 Å². The van der Waals surface area contributed by atoms with Crippen LogP contribution in [0.3, 0.4) is 0 Å². The van der Waals surface area contributed by atoms with Gasteiger partial charge in [-0.3, -0.25) is 9.52 Å². The fourth-order valence-corrected chi connectivity index (χ4v) is 4.48. The minimum Gasteiger partial charge on any atom is -0.494 e. The Bertz CT molecular complexity index is 1170. The summed E-state index contributed by atoms with van der Waals surface area (Å²) in [7, 11) is -3.84. The zero-order chi connectivity index (χ0) is 22.4. The van der Waals surface area contributed by atoms with Gasteiger partial charge in [-0.2, -0.15) is 0 Å². The summed E-state index contributed by atoms with van der Waals surface area (Å²) in [6.45, 7) is 6.36. The first kappa shape index (κ1) is 22.4. The summed E-state index contributed by atoms with van der Waals surface area (Å²) in [5, 5.41) is 2.83. The smallest absolute Gasteiger partial charge is 0.262 e. The number of carbonyl (C=O) groups excluding carboxylic acids is 1. The Balaban J connectivity index is 1.75. The van der Waals surface area contributed by atoms with Gasteiger partial charge < -0.3 is 10.1 Å². The molecule has 0 aliphatic rings. The van der Waals surface area contributed by atoms with Gasteiger partial charge in [0.05, 0.1) is 17.2 Å². The van der Waals surface area contributed by atoms with Crippen molar-refractivity contribution in [1.82, 2.24) is 5.32 Å². The van der Waals surface area contributed by atoms with Gasteiger partial charge in [0, 0.05) is 12.1 Å². The third-order valence-corrected chi connectivity index (χ3v) is 6.32. The monoisotopic (exact) mass is 438 g/mol. The molecule has 0 heterocycles. The van der Waals surface area contributed by atoms with Gasteiger partial charge in [0.15, 0.2) is 0 Å². The molecule has 2 N–H and O–H groups in total. The van der Waals surface area contributed by atoms with Gasteiger partial charge in [0.2, 0.25) is 0 Å². The van der Waals surface area contributed by atoms with Crippen LogP contribution in [0.1, 0.15) is 34.0 Å². The van der Waals surface area contributed by atoms with Crippen molar-refractivity contribution in [1.29, 1.82) is 0 Å². The van der Waals surface area contributed by atoms with Crippen LogP contribution in [0, 0.1) is 13.8 Å². The summed E-state index contributed by atoms with van der Waals surface area (Å²) in [5.41, 5.74) is 3.07. The van der Waals surface area contributed by atoms with Gasteiger partial charge in [-0.1, -0.05) is 36.4 Å². The normalized spacial score (nSPS) is 11.1. The lowest BCUT2D eigenvalue weighted by molar-refractivity contribution is 0.0950. The second-order valence-electron chi connectivity index (χ2n) is 7.16.